The highest BCUT2D eigenvalue weighted by Crippen LogP contribution is 2.39. The van der Waals surface area contributed by atoms with Crippen LogP contribution in [0, 0.1) is 5.82 Å². The summed E-state index contributed by atoms with van der Waals surface area (Å²) in [5.74, 6) is -0.305. The van der Waals surface area contributed by atoms with Crippen molar-refractivity contribution in [2.75, 3.05) is 0 Å². The molecule has 5 heteroatoms. The van der Waals surface area contributed by atoms with Crippen LogP contribution in [0.25, 0.3) is 11.1 Å². The number of hydrogen-bond donors (Lipinski definition) is 0. The summed E-state index contributed by atoms with van der Waals surface area (Å²) in [5, 5.41) is 0.759. The van der Waals surface area contributed by atoms with Crippen LogP contribution in [0.2, 0.25) is 10.2 Å². The zero-order valence-electron chi connectivity index (χ0n) is 11.9. The van der Waals surface area contributed by atoms with Crippen molar-refractivity contribution in [3.8, 4) is 0 Å². The first-order chi connectivity index (χ1) is 10.6. The van der Waals surface area contributed by atoms with E-state index in [1.165, 1.54) is 12.3 Å². The standard InChI is InChI=1S/C17H13Cl2FN2/c1-10-11(15-8-21-9-16(19)22-15)4-2-5-12(10)17-13(18)6-3-7-14(17)20/h3-4,6-9H,2,5H2,1H3. The third-order valence-electron chi connectivity index (χ3n) is 3.75. The highest BCUT2D eigenvalue weighted by Gasteiger charge is 2.20. The summed E-state index contributed by atoms with van der Waals surface area (Å²) in [7, 11) is 0. The zero-order chi connectivity index (χ0) is 15.7. The number of benzene rings is 1. The fourth-order valence-corrected chi connectivity index (χ4v) is 3.16. The molecule has 22 heavy (non-hydrogen) atoms. The van der Waals surface area contributed by atoms with Crippen molar-refractivity contribution < 1.29 is 4.39 Å². The Kier molecular flexibility index (Phi) is 4.27. The Morgan fingerprint density at radius 1 is 1.18 bits per heavy atom. The summed E-state index contributed by atoms with van der Waals surface area (Å²) in [6, 6.07) is 4.75. The van der Waals surface area contributed by atoms with Gasteiger partial charge in [-0.15, -0.1) is 0 Å². The summed E-state index contributed by atoms with van der Waals surface area (Å²) < 4.78 is 14.2. The van der Waals surface area contributed by atoms with Gasteiger partial charge in [0, 0.05) is 11.1 Å². The second kappa shape index (κ2) is 6.19. The molecule has 2 aromatic rings. The Bertz CT molecular complexity index is 777. The van der Waals surface area contributed by atoms with Gasteiger partial charge in [-0.3, -0.25) is 4.98 Å². The van der Waals surface area contributed by atoms with Crippen molar-refractivity contribution >= 4 is 34.3 Å². The van der Waals surface area contributed by atoms with Crippen molar-refractivity contribution in [1.82, 2.24) is 9.97 Å². The summed E-state index contributed by atoms with van der Waals surface area (Å²) in [6.07, 6.45) is 6.76. The van der Waals surface area contributed by atoms with Gasteiger partial charge >= 0.3 is 0 Å². The lowest BCUT2D eigenvalue weighted by Crippen LogP contribution is -2.03. The quantitative estimate of drug-likeness (QED) is 0.717. The molecular formula is C17H13Cl2FN2. The van der Waals surface area contributed by atoms with Gasteiger partial charge in [0.1, 0.15) is 11.0 Å². The van der Waals surface area contributed by atoms with E-state index < -0.39 is 0 Å². The number of aromatic nitrogens is 2. The molecule has 3 rings (SSSR count). The first kappa shape index (κ1) is 15.2. The van der Waals surface area contributed by atoms with E-state index in [1.54, 1.807) is 18.3 Å². The molecule has 0 fully saturated rings. The van der Waals surface area contributed by atoms with Crippen LogP contribution in [-0.4, -0.2) is 9.97 Å². The molecule has 0 amide bonds. The van der Waals surface area contributed by atoms with Crippen LogP contribution in [-0.2, 0) is 0 Å². The molecule has 0 aliphatic heterocycles. The van der Waals surface area contributed by atoms with Crippen LogP contribution >= 0.6 is 23.2 Å². The number of hydrogen-bond acceptors (Lipinski definition) is 2. The second-order valence-electron chi connectivity index (χ2n) is 5.08. The highest BCUT2D eigenvalue weighted by atomic mass is 35.5. The van der Waals surface area contributed by atoms with E-state index in [2.05, 4.69) is 16.0 Å². The van der Waals surface area contributed by atoms with Crippen LogP contribution in [0.15, 0.2) is 42.2 Å². The molecule has 1 heterocycles. The highest BCUT2D eigenvalue weighted by molar-refractivity contribution is 6.32. The fourth-order valence-electron chi connectivity index (χ4n) is 2.73. The first-order valence-corrected chi connectivity index (χ1v) is 7.66. The minimum atomic E-state index is -0.305. The Balaban J connectivity index is 2.13. The number of nitrogens with zero attached hydrogens (tertiary/aromatic N) is 2. The van der Waals surface area contributed by atoms with Crippen LogP contribution in [0.5, 0.6) is 0 Å². The van der Waals surface area contributed by atoms with Crippen molar-refractivity contribution in [2.24, 2.45) is 0 Å². The topological polar surface area (TPSA) is 25.8 Å². The average molecular weight is 335 g/mol. The Morgan fingerprint density at radius 2 is 2.00 bits per heavy atom. The lowest BCUT2D eigenvalue weighted by Gasteiger charge is -2.20. The van der Waals surface area contributed by atoms with E-state index in [0.717, 1.165) is 29.6 Å². The van der Waals surface area contributed by atoms with Crippen molar-refractivity contribution in [2.45, 2.75) is 19.8 Å². The molecule has 0 atom stereocenters. The minimum absolute atomic E-state index is 0.305. The van der Waals surface area contributed by atoms with Crippen LogP contribution in [0.3, 0.4) is 0 Å². The van der Waals surface area contributed by atoms with Gasteiger partial charge in [0.2, 0.25) is 0 Å². The third-order valence-corrected chi connectivity index (χ3v) is 4.24. The lowest BCUT2D eigenvalue weighted by molar-refractivity contribution is 0.623. The predicted molar refractivity (Wildman–Crippen MR) is 88.3 cm³/mol. The summed E-state index contributed by atoms with van der Waals surface area (Å²) in [4.78, 5) is 8.36. The number of rotatable bonds is 2. The molecule has 2 nitrogen and oxygen atoms in total. The smallest absolute Gasteiger partial charge is 0.148 e. The zero-order valence-corrected chi connectivity index (χ0v) is 13.4. The van der Waals surface area contributed by atoms with Gasteiger partial charge in [0.15, 0.2) is 0 Å². The average Bonchev–Trinajstić information content (AvgIpc) is 2.48. The Morgan fingerprint density at radius 3 is 2.73 bits per heavy atom. The molecule has 0 saturated carbocycles. The monoisotopic (exact) mass is 334 g/mol. The SMILES string of the molecule is CC1=C(c2c(F)cccc2Cl)CCC=C1c1cncc(Cl)n1. The van der Waals surface area contributed by atoms with Gasteiger partial charge in [-0.25, -0.2) is 9.37 Å². The van der Waals surface area contributed by atoms with E-state index in [-0.39, 0.29) is 5.82 Å². The lowest BCUT2D eigenvalue weighted by atomic mass is 9.86. The van der Waals surface area contributed by atoms with Gasteiger partial charge in [0.05, 0.1) is 23.1 Å². The molecule has 0 saturated heterocycles. The summed E-state index contributed by atoms with van der Waals surface area (Å²) in [6.45, 7) is 1.95. The van der Waals surface area contributed by atoms with Gasteiger partial charge in [-0.1, -0.05) is 35.3 Å². The molecule has 0 unspecified atom stereocenters. The maximum absolute atomic E-state index is 14.2. The fraction of sp³-hybridized carbons (Fsp3) is 0.176. The summed E-state index contributed by atoms with van der Waals surface area (Å²) >= 11 is 12.1. The molecule has 0 bridgehead atoms. The maximum atomic E-state index is 14.2. The number of allylic oxidation sites excluding steroid dienone is 4. The van der Waals surface area contributed by atoms with Crippen LogP contribution < -0.4 is 0 Å². The third kappa shape index (κ3) is 2.79. The molecular weight excluding hydrogens is 322 g/mol. The first-order valence-electron chi connectivity index (χ1n) is 6.90. The minimum Gasteiger partial charge on any atom is -0.259 e. The van der Waals surface area contributed by atoms with E-state index in [9.17, 15) is 4.39 Å². The predicted octanol–water partition coefficient (Wildman–Crippen LogP) is 5.57. The van der Waals surface area contributed by atoms with Crippen LogP contribution in [0.1, 0.15) is 31.0 Å². The second-order valence-corrected chi connectivity index (χ2v) is 5.88. The number of halogens is 3. The molecule has 0 radical (unpaired) electrons. The van der Waals surface area contributed by atoms with Crippen molar-refractivity contribution in [3.05, 3.63) is 69.5 Å². The van der Waals surface area contributed by atoms with E-state index in [4.69, 9.17) is 23.2 Å². The molecule has 1 aliphatic carbocycles. The summed E-state index contributed by atoms with van der Waals surface area (Å²) in [5.41, 5.74) is 3.95. The van der Waals surface area contributed by atoms with Gasteiger partial charge < -0.3 is 0 Å². The molecule has 0 spiro atoms. The molecule has 0 N–H and O–H groups in total. The molecule has 1 aliphatic rings. The van der Waals surface area contributed by atoms with Gasteiger partial charge in [-0.05, 0) is 43.0 Å². The van der Waals surface area contributed by atoms with Crippen LogP contribution in [0.4, 0.5) is 4.39 Å². The largest absolute Gasteiger partial charge is 0.259 e. The Hall–Kier alpha value is -1.71. The normalized spacial score (nSPS) is 15.0. The van der Waals surface area contributed by atoms with E-state index in [0.29, 0.717) is 21.4 Å². The maximum Gasteiger partial charge on any atom is 0.148 e. The van der Waals surface area contributed by atoms with Crippen molar-refractivity contribution in [3.63, 3.8) is 0 Å². The Labute approximate surface area is 138 Å². The van der Waals surface area contributed by atoms with E-state index >= 15 is 0 Å². The van der Waals surface area contributed by atoms with Gasteiger partial charge in [-0.2, -0.15) is 0 Å². The van der Waals surface area contributed by atoms with E-state index in [1.807, 2.05) is 6.92 Å². The van der Waals surface area contributed by atoms with Gasteiger partial charge in [0.25, 0.3) is 0 Å². The molecule has 1 aromatic heterocycles. The molecule has 112 valence electrons. The molecule has 1 aromatic carbocycles. The van der Waals surface area contributed by atoms with Crippen molar-refractivity contribution in [1.29, 1.82) is 0 Å².